The Morgan fingerprint density at radius 1 is 1.14 bits per heavy atom. The first-order valence-corrected chi connectivity index (χ1v) is 7.85. The summed E-state index contributed by atoms with van der Waals surface area (Å²) >= 11 is 1.64. The fraction of sp³-hybridized carbons (Fsp3) is 0.118. The third-order valence-corrected chi connectivity index (χ3v) is 4.10. The molecule has 3 aromatic rings. The summed E-state index contributed by atoms with van der Waals surface area (Å²) in [5, 5.41) is 3.86. The molecule has 1 heterocycles. The number of anilines is 1. The van der Waals surface area contributed by atoms with Crippen molar-refractivity contribution in [2.45, 2.75) is 11.8 Å². The monoisotopic (exact) mass is 297 g/mol. The van der Waals surface area contributed by atoms with Gasteiger partial charge in [-0.25, -0.2) is 0 Å². The van der Waals surface area contributed by atoms with Gasteiger partial charge < -0.3 is 9.73 Å². The fourth-order valence-corrected chi connectivity index (χ4v) is 2.74. The number of fused-ring (bicyclic) bond motifs is 1. The Morgan fingerprint density at radius 2 is 1.95 bits per heavy atom. The van der Waals surface area contributed by atoms with Crippen molar-refractivity contribution in [1.82, 2.24) is 0 Å². The first kappa shape index (κ1) is 13.8. The van der Waals surface area contributed by atoms with Gasteiger partial charge >= 0.3 is 0 Å². The quantitative estimate of drug-likeness (QED) is 0.711. The van der Waals surface area contributed by atoms with Crippen LogP contribution in [0.5, 0.6) is 0 Å². The molecule has 0 aliphatic rings. The minimum absolute atomic E-state index is 0.220. The second-order valence-electron chi connectivity index (χ2n) is 4.74. The number of rotatable bonds is 3. The average molecular weight is 297 g/mol. The normalized spacial score (nSPS) is 10.8. The summed E-state index contributed by atoms with van der Waals surface area (Å²) in [6, 6.07) is 15.4. The van der Waals surface area contributed by atoms with Gasteiger partial charge in [-0.3, -0.25) is 4.79 Å². The Hall–Kier alpha value is -2.20. The SMILES string of the molecule is CSc1cccc(NC(=O)c2oc3ccccc3c2C)c1. The molecule has 0 bridgehead atoms. The van der Waals surface area contributed by atoms with Crippen molar-refractivity contribution >= 4 is 34.3 Å². The lowest BCUT2D eigenvalue weighted by Gasteiger charge is -2.05. The number of para-hydroxylation sites is 1. The maximum atomic E-state index is 12.4. The van der Waals surface area contributed by atoms with Crippen LogP contribution < -0.4 is 5.32 Å². The van der Waals surface area contributed by atoms with Crippen molar-refractivity contribution in [3.63, 3.8) is 0 Å². The van der Waals surface area contributed by atoms with Crippen molar-refractivity contribution in [2.75, 3.05) is 11.6 Å². The number of nitrogens with one attached hydrogen (secondary N) is 1. The van der Waals surface area contributed by atoms with Gasteiger partial charge in [0, 0.05) is 21.5 Å². The van der Waals surface area contributed by atoms with E-state index >= 15 is 0 Å². The van der Waals surface area contributed by atoms with Crippen LogP contribution in [0.4, 0.5) is 5.69 Å². The highest BCUT2D eigenvalue weighted by molar-refractivity contribution is 7.98. The molecule has 0 fully saturated rings. The Balaban J connectivity index is 1.91. The predicted octanol–water partition coefficient (Wildman–Crippen LogP) is 4.72. The van der Waals surface area contributed by atoms with E-state index in [1.165, 1.54) is 0 Å². The zero-order chi connectivity index (χ0) is 14.8. The summed E-state index contributed by atoms with van der Waals surface area (Å²) in [6.07, 6.45) is 2.00. The number of thioether (sulfide) groups is 1. The number of amides is 1. The molecule has 0 aliphatic carbocycles. The van der Waals surface area contributed by atoms with E-state index in [1.54, 1.807) is 11.8 Å². The highest BCUT2D eigenvalue weighted by Crippen LogP contribution is 2.26. The summed E-state index contributed by atoms with van der Waals surface area (Å²) in [6.45, 7) is 1.90. The van der Waals surface area contributed by atoms with Crippen molar-refractivity contribution in [2.24, 2.45) is 0 Å². The summed E-state index contributed by atoms with van der Waals surface area (Å²) in [5.74, 6) is 0.146. The van der Waals surface area contributed by atoms with Gasteiger partial charge in [0.15, 0.2) is 5.76 Å². The molecule has 0 saturated carbocycles. The van der Waals surface area contributed by atoms with E-state index < -0.39 is 0 Å². The third kappa shape index (κ3) is 2.67. The van der Waals surface area contributed by atoms with E-state index in [0.717, 1.165) is 27.1 Å². The van der Waals surface area contributed by atoms with Crippen LogP contribution in [0.25, 0.3) is 11.0 Å². The molecule has 1 aromatic heterocycles. The zero-order valence-electron chi connectivity index (χ0n) is 11.8. The van der Waals surface area contributed by atoms with Gasteiger partial charge in [0.2, 0.25) is 0 Å². The molecule has 4 heteroatoms. The van der Waals surface area contributed by atoms with Crippen molar-refractivity contribution in [1.29, 1.82) is 0 Å². The maximum Gasteiger partial charge on any atom is 0.291 e. The third-order valence-electron chi connectivity index (χ3n) is 3.38. The molecule has 0 aliphatic heterocycles. The molecule has 3 nitrogen and oxygen atoms in total. The molecule has 3 rings (SSSR count). The minimum Gasteiger partial charge on any atom is -0.451 e. The lowest BCUT2D eigenvalue weighted by Crippen LogP contribution is -2.12. The summed E-state index contributed by atoms with van der Waals surface area (Å²) in [4.78, 5) is 13.5. The topological polar surface area (TPSA) is 42.2 Å². The van der Waals surface area contributed by atoms with Crippen LogP contribution in [0, 0.1) is 6.92 Å². The molecular weight excluding hydrogens is 282 g/mol. The van der Waals surface area contributed by atoms with Crippen LogP contribution in [0.2, 0.25) is 0 Å². The van der Waals surface area contributed by atoms with E-state index in [1.807, 2.05) is 61.7 Å². The molecular formula is C17H15NO2S. The lowest BCUT2D eigenvalue weighted by molar-refractivity contribution is 0.0998. The molecule has 2 aromatic carbocycles. The van der Waals surface area contributed by atoms with Crippen LogP contribution >= 0.6 is 11.8 Å². The fourth-order valence-electron chi connectivity index (χ4n) is 2.28. The molecule has 0 radical (unpaired) electrons. The van der Waals surface area contributed by atoms with Crippen LogP contribution in [0.1, 0.15) is 16.1 Å². The number of benzene rings is 2. The number of furan rings is 1. The second kappa shape index (κ2) is 5.66. The number of carbonyl (C=O) groups is 1. The van der Waals surface area contributed by atoms with Gasteiger partial charge in [-0.05, 0) is 37.4 Å². The zero-order valence-corrected chi connectivity index (χ0v) is 12.7. The van der Waals surface area contributed by atoms with Crippen molar-refractivity contribution in [3.8, 4) is 0 Å². The van der Waals surface area contributed by atoms with E-state index in [0.29, 0.717) is 5.76 Å². The lowest BCUT2D eigenvalue weighted by atomic mass is 10.1. The molecule has 21 heavy (non-hydrogen) atoms. The number of hydrogen-bond donors (Lipinski definition) is 1. The standard InChI is InChI=1S/C17H15NO2S/c1-11-14-8-3-4-9-15(14)20-16(11)17(19)18-12-6-5-7-13(10-12)21-2/h3-10H,1-2H3,(H,18,19). The van der Waals surface area contributed by atoms with Gasteiger partial charge in [-0.2, -0.15) is 0 Å². The molecule has 1 amide bonds. The van der Waals surface area contributed by atoms with Crippen LogP contribution in [0.3, 0.4) is 0 Å². The molecule has 0 atom stereocenters. The smallest absolute Gasteiger partial charge is 0.291 e. The van der Waals surface area contributed by atoms with Crippen LogP contribution in [-0.4, -0.2) is 12.2 Å². The number of aryl methyl sites for hydroxylation is 1. The number of hydrogen-bond acceptors (Lipinski definition) is 3. The van der Waals surface area contributed by atoms with Gasteiger partial charge in [0.1, 0.15) is 5.58 Å². The maximum absolute atomic E-state index is 12.4. The molecule has 0 unspecified atom stereocenters. The summed E-state index contributed by atoms with van der Waals surface area (Å²) < 4.78 is 5.67. The highest BCUT2D eigenvalue weighted by atomic mass is 32.2. The largest absolute Gasteiger partial charge is 0.451 e. The van der Waals surface area contributed by atoms with Gasteiger partial charge in [0.05, 0.1) is 0 Å². The highest BCUT2D eigenvalue weighted by Gasteiger charge is 2.17. The van der Waals surface area contributed by atoms with Gasteiger partial charge in [0.25, 0.3) is 5.91 Å². The second-order valence-corrected chi connectivity index (χ2v) is 5.62. The van der Waals surface area contributed by atoms with Gasteiger partial charge in [-0.1, -0.05) is 24.3 Å². The first-order valence-electron chi connectivity index (χ1n) is 6.62. The molecule has 106 valence electrons. The van der Waals surface area contributed by atoms with Crippen molar-refractivity contribution < 1.29 is 9.21 Å². The van der Waals surface area contributed by atoms with E-state index in [9.17, 15) is 4.79 Å². The predicted molar refractivity (Wildman–Crippen MR) is 87.1 cm³/mol. The Morgan fingerprint density at radius 3 is 2.71 bits per heavy atom. The van der Waals surface area contributed by atoms with E-state index in [-0.39, 0.29) is 5.91 Å². The molecule has 1 N–H and O–H groups in total. The Kier molecular flexibility index (Phi) is 3.71. The van der Waals surface area contributed by atoms with E-state index in [2.05, 4.69) is 5.32 Å². The van der Waals surface area contributed by atoms with Crippen LogP contribution in [-0.2, 0) is 0 Å². The molecule has 0 saturated heterocycles. The summed E-state index contributed by atoms with van der Waals surface area (Å²) in [7, 11) is 0. The number of carbonyl (C=O) groups excluding carboxylic acids is 1. The van der Waals surface area contributed by atoms with Gasteiger partial charge in [-0.15, -0.1) is 11.8 Å². The first-order chi connectivity index (χ1) is 10.2. The van der Waals surface area contributed by atoms with Crippen molar-refractivity contribution in [3.05, 3.63) is 59.9 Å². The Bertz CT molecular complexity index is 807. The average Bonchev–Trinajstić information content (AvgIpc) is 2.85. The Labute approximate surface area is 127 Å². The van der Waals surface area contributed by atoms with E-state index in [4.69, 9.17) is 4.42 Å². The minimum atomic E-state index is -0.220. The molecule has 0 spiro atoms. The summed E-state index contributed by atoms with van der Waals surface area (Å²) in [5.41, 5.74) is 2.37. The van der Waals surface area contributed by atoms with Crippen LogP contribution in [0.15, 0.2) is 57.8 Å².